The zero-order chi connectivity index (χ0) is 16.7. The highest BCUT2D eigenvalue weighted by Crippen LogP contribution is 2.10. The highest BCUT2D eigenvalue weighted by molar-refractivity contribution is 6.30. The first-order valence-corrected chi connectivity index (χ1v) is 7.46. The molecule has 120 valence electrons. The van der Waals surface area contributed by atoms with Crippen LogP contribution in [-0.2, 0) is 16.0 Å². The lowest BCUT2D eigenvalue weighted by Crippen LogP contribution is -2.30. The van der Waals surface area contributed by atoms with E-state index in [1.807, 2.05) is 18.2 Å². The van der Waals surface area contributed by atoms with Crippen molar-refractivity contribution in [3.05, 3.63) is 64.7 Å². The molecule has 2 aromatic carbocycles. The molecule has 0 radical (unpaired) electrons. The topological polar surface area (TPSA) is 81.4 Å². The van der Waals surface area contributed by atoms with Gasteiger partial charge in [0.25, 0.3) is 5.91 Å². The van der Waals surface area contributed by atoms with Crippen molar-refractivity contribution in [2.45, 2.75) is 6.42 Å². The Morgan fingerprint density at radius 1 is 1.13 bits per heavy atom. The van der Waals surface area contributed by atoms with Crippen LogP contribution in [0.2, 0.25) is 5.02 Å². The molecule has 0 aromatic heterocycles. The van der Waals surface area contributed by atoms with Crippen LogP contribution in [0, 0.1) is 0 Å². The average molecular weight is 333 g/mol. The number of benzene rings is 2. The number of carbonyl (C=O) groups excluding carboxylic acids is 2. The van der Waals surface area contributed by atoms with Crippen molar-refractivity contribution in [2.24, 2.45) is 0 Å². The van der Waals surface area contributed by atoms with Gasteiger partial charge in [0, 0.05) is 17.3 Å². The van der Waals surface area contributed by atoms with Crippen molar-refractivity contribution < 1.29 is 14.3 Å². The van der Waals surface area contributed by atoms with Crippen LogP contribution >= 0.6 is 11.6 Å². The van der Waals surface area contributed by atoms with Crippen LogP contribution in [0.25, 0.3) is 0 Å². The molecule has 0 spiro atoms. The molecule has 6 heteroatoms. The van der Waals surface area contributed by atoms with Crippen LogP contribution in [0.3, 0.4) is 0 Å². The van der Waals surface area contributed by atoms with Gasteiger partial charge in [-0.15, -0.1) is 0 Å². The van der Waals surface area contributed by atoms with E-state index in [0.29, 0.717) is 29.2 Å². The van der Waals surface area contributed by atoms with Gasteiger partial charge in [-0.3, -0.25) is 4.79 Å². The molecule has 0 fully saturated rings. The SMILES string of the molecule is Nc1ccc(C(=O)OCC(=O)NCCc2cccc(Cl)c2)cc1. The number of hydrogen-bond donors (Lipinski definition) is 2. The molecular weight excluding hydrogens is 316 g/mol. The molecule has 5 nitrogen and oxygen atoms in total. The zero-order valence-electron chi connectivity index (χ0n) is 12.4. The molecule has 0 aliphatic rings. The Labute approximate surface area is 139 Å². The lowest BCUT2D eigenvalue weighted by Gasteiger charge is -2.07. The summed E-state index contributed by atoms with van der Waals surface area (Å²) in [5.41, 5.74) is 7.47. The Morgan fingerprint density at radius 2 is 1.87 bits per heavy atom. The smallest absolute Gasteiger partial charge is 0.338 e. The molecule has 2 aromatic rings. The fourth-order valence-electron chi connectivity index (χ4n) is 1.92. The van der Waals surface area contributed by atoms with Gasteiger partial charge in [0.05, 0.1) is 5.56 Å². The number of amides is 1. The van der Waals surface area contributed by atoms with Crippen molar-refractivity contribution in [3.63, 3.8) is 0 Å². The number of carbonyl (C=O) groups is 2. The lowest BCUT2D eigenvalue weighted by molar-refractivity contribution is -0.124. The number of ether oxygens (including phenoxy) is 1. The average Bonchev–Trinajstić information content (AvgIpc) is 2.53. The van der Waals surface area contributed by atoms with Gasteiger partial charge in [-0.1, -0.05) is 23.7 Å². The minimum absolute atomic E-state index is 0.321. The number of halogens is 1. The molecule has 2 rings (SSSR count). The molecule has 0 heterocycles. The van der Waals surface area contributed by atoms with Gasteiger partial charge in [-0.2, -0.15) is 0 Å². The monoisotopic (exact) mass is 332 g/mol. The molecular formula is C17H17ClN2O3. The van der Waals surface area contributed by atoms with Crippen molar-refractivity contribution in [1.82, 2.24) is 5.32 Å². The number of nitrogen functional groups attached to an aromatic ring is 1. The molecule has 0 atom stereocenters. The van der Waals surface area contributed by atoms with E-state index in [1.165, 1.54) is 0 Å². The maximum atomic E-state index is 11.7. The molecule has 1 amide bonds. The van der Waals surface area contributed by atoms with E-state index in [-0.39, 0.29) is 12.5 Å². The predicted molar refractivity (Wildman–Crippen MR) is 89.3 cm³/mol. The highest BCUT2D eigenvalue weighted by atomic mass is 35.5. The van der Waals surface area contributed by atoms with Crippen molar-refractivity contribution in [3.8, 4) is 0 Å². The van der Waals surface area contributed by atoms with Gasteiger partial charge >= 0.3 is 5.97 Å². The third kappa shape index (κ3) is 5.64. The van der Waals surface area contributed by atoms with Gasteiger partial charge in [0.1, 0.15) is 0 Å². The first-order chi connectivity index (χ1) is 11.0. The predicted octanol–water partition coefficient (Wildman–Crippen LogP) is 2.44. The molecule has 3 N–H and O–H groups in total. The second kappa shape index (κ2) is 8.19. The third-order valence-electron chi connectivity index (χ3n) is 3.11. The van der Waals surface area contributed by atoms with Crippen LogP contribution < -0.4 is 11.1 Å². The van der Waals surface area contributed by atoms with E-state index in [1.54, 1.807) is 30.3 Å². The van der Waals surface area contributed by atoms with Crippen molar-refractivity contribution in [1.29, 1.82) is 0 Å². The second-order valence-corrected chi connectivity index (χ2v) is 5.36. The van der Waals surface area contributed by atoms with E-state index in [2.05, 4.69) is 5.32 Å². The summed E-state index contributed by atoms with van der Waals surface area (Å²) in [4.78, 5) is 23.4. The van der Waals surface area contributed by atoms with Gasteiger partial charge in [-0.05, 0) is 48.4 Å². The Hall–Kier alpha value is -2.53. The Kier molecular flexibility index (Phi) is 6.00. The summed E-state index contributed by atoms with van der Waals surface area (Å²) in [7, 11) is 0. The number of nitrogens with one attached hydrogen (secondary N) is 1. The molecule has 0 aliphatic carbocycles. The van der Waals surface area contributed by atoms with Crippen LogP contribution in [0.1, 0.15) is 15.9 Å². The van der Waals surface area contributed by atoms with E-state index >= 15 is 0 Å². The van der Waals surface area contributed by atoms with Gasteiger partial charge < -0.3 is 15.8 Å². The Morgan fingerprint density at radius 3 is 2.57 bits per heavy atom. The van der Waals surface area contributed by atoms with Gasteiger partial charge in [0.15, 0.2) is 6.61 Å². The molecule has 0 saturated heterocycles. The highest BCUT2D eigenvalue weighted by Gasteiger charge is 2.09. The lowest BCUT2D eigenvalue weighted by atomic mass is 10.1. The van der Waals surface area contributed by atoms with E-state index in [9.17, 15) is 9.59 Å². The summed E-state index contributed by atoms with van der Waals surface area (Å²) in [5.74, 6) is -0.911. The van der Waals surface area contributed by atoms with Crippen molar-refractivity contribution >= 4 is 29.2 Å². The van der Waals surface area contributed by atoms with Crippen LogP contribution in [0.15, 0.2) is 48.5 Å². The summed E-state index contributed by atoms with van der Waals surface area (Å²) in [6, 6.07) is 13.7. The maximum Gasteiger partial charge on any atom is 0.338 e. The fourth-order valence-corrected chi connectivity index (χ4v) is 2.14. The second-order valence-electron chi connectivity index (χ2n) is 4.93. The zero-order valence-corrected chi connectivity index (χ0v) is 13.2. The van der Waals surface area contributed by atoms with E-state index in [4.69, 9.17) is 22.1 Å². The number of nitrogens with two attached hydrogens (primary N) is 1. The molecule has 0 unspecified atom stereocenters. The summed E-state index contributed by atoms with van der Waals surface area (Å²) >= 11 is 5.89. The normalized spacial score (nSPS) is 10.1. The number of esters is 1. The van der Waals surface area contributed by atoms with E-state index < -0.39 is 5.97 Å². The van der Waals surface area contributed by atoms with Crippen LogP contribution in [0.4, 0.5) is 5.69 Å². The van der Waals surface area contributed by atoms with Gasteiger partial charge in [-0.25, -0.2) is 4.79 Å². The van der Waals surface area contributed by atoms with E-state index in [0.717, 1.165) is 5.56 Å². The summed E-state index contributed by atoms with van der Waals surface area (Å²) in [5, 5.41) is 3.35. The minimum Gasteiger partial charge on any atom is -0.452 e. The number of anilines is 1. The standard InChI is InChI=1S/C17H17ClN2O3/c18-14-3-1-2-12(10-14)8-9-20-16(21)11-23-17(22)13-4-6-15(19)7-5-13/h1-7,10H,8-9,11,19H2,(H,20,21). The fraction of sp³-hybridized carbons (Fsp3) is 0.176. The summed E-state index contributed by atoms with van der Waals surface area (Å²) in [6.45, 7) is 0.122. The van der Waals surface area contributed by atoms with Crippen molar-refractivity contribution in [2.75, 3.05) is 18.9 Å². The third-order valence-corrected chi connectivity index (χ3v) is 3.34. The van der Waals surface area contributed by atoms with Crippen LogP contribution in [-0.4, -0.2) is 25.0 Å². The summed E-state index contributed by atoms with van der Waals surface area (Å²) in [6.07, 6.45) is 0.651. The molecule has 0 aliphatic heterocycles. The minimum atomic E-state index is -0.560. The summed E-state index contributed by atoms with van der Waals surface area (Å²) < 4.78 is 4.94. The maximum absolute atomic E-state index is 11.7. The number of hydrogen-bond acceptors (Lipinski definition) is 4. The molecule has 23 heavy (non-hydrogen) atoms. The van der Waals surface area contributed by atoms with Gasteiger partial charge in [0.2, 0.25) is 0 Å². The largest absolute Gasteiger partial charge is 0.452 e. The molecule has 0 saturated carbocycles. The Balaban J connectivity index is 1.70. The molecule has 0 bridgehead atoms. The Bertz CT molecular complexity index is 686. The quantitative estimate of drug-likeness (QED) is 0.629. The van der Waals surface area contributed by atoms with Crippen LogP contribution in [0.5, 0.6) is 0 Å². The first-order valence-electron chi connectivity index (χ1n) is 7.08. The first kappa shape index (κ1) is 16.8. The number of rotatable bonds is 6.